The number of carbonyl (C=O) groups is 2. The van der Waals surface area contributed by atoms with Crippen molar-refractivity contribution in [1.82, 2.24) is 0 Å². The maximum absolute atomic E-state index is 11.0. The fourth-order valence-corrected chi connectivity index (χ4v) is 0.997. The molecule has 0 radical (unpaired) electrons. The van der Waals surface area contributed by atoms with Gasteiger partial charge in [0, 0.05) is 0 Å². The summed E-state index contributed by atoms with van der Waals surface area (Å²) < 4.78 is 4.77. The van der Waals surface area contributed by atoms with E-state index >= 15 is 0 Å². The Kier molecular flexibility index (Phi) is 2.64. The zero-order valence-corrected chi connectivity index (χ0v) is 6.98. The Morgan fingerprint density at radius 1 is 1.54 bits per heavy atom. The first-order valence-corrected chi connectivity index (χ1v) is 3.56. The molecule has 13 heavy (non-hydrogen) atoms. The summed E-state index contributed by atoms with van der Waals surface area (Å²) in [6.45, 7) is 0. The number of aldehydes is 1. The molecule has 1 aromatic carbocycles. The molecule has 0 heterocycles. The molecule has 0 saturated carbocycles. The van der Waals surface area contributed by atoms with Crippen LogP contribution in [0.15, 0.2) is 18.2 Å². The Morgan fingerprint density at radius 2 is 2.23 bits per heavy atom. The number of benzene rings is 1. The summed E-state index contributed by atoms with van der Waals surface area (Å²) in [5.74, 6) is -0.845. The van der Waals surface area contributed by atoms with Crippen molar-refractivity contribution in [1.29, 1.82) is 0 Å². The van der Waals surface area contributed by atoms with Crippen LogP contribution in [0.2, 0.25) is 0 Å². The second-order valence-corrected chi connectivity index (χ2v) is 2.34. The van der Waals surface area contributed by atoms with Gasteiger partial charge in [0.05, 0.1) is 12.7 Å². The summed E-state index contributed by atoms with van der Waals surface area (Å²) >= 11 is 0. The van der Waals surface area contributed by atoms with Gasteiger partial charge >= 0.3 is 0 Å². The minimum Gasteiger partial charge on any atom is -0.504 e. The minimum atomic E-state index is -0.715. The van der Waals surface area contributed by atoms with Gasteiger partial charge in [0.25, 0.3) is 0 Å². The average molecular weight is 180 g/mol. The van der Waals surface area contributed by atoms with E-state index in [0.717, 1.165) is 0 Å². The van der Waals surface area contributed by atoms with Crippen molar-refractivity contribution in [2.45, 2.75) is 0 Å². The molecular weight excluding hydrogens is 172 g/mol. The van der Waals surface area contributed by atoms with Gasteiger partial charge in [-0.1, -0.05) is 6.07 Å². The lowest BCUT2D eigenvalue weighted by Crippen LogP contribution is -2.02. The number of hydrogen-bond donors (Lipinski definition) is 1. The minimum absolute atomic E-state index is 0.0274. The molecule has 0 aliphatic rings. The van der Waals surface area contributed by atoms with Gasteiger partial charge in [-0.3, -0.25) is 9.59 Å². The number of Topliss-reactive ketones (excluding diaryl/α,β-unsaturated/α-hetero) is 1. The molecule has 0 aliphatic carbocycles. The van der Waals surface area contributed by atoms with Crippen LogP contribution in [0.4, 0.5) is 0 Å². The zero-order chi connectivity index (χ0) is 9.84. The summed E-state index contributed by atoms with van der Waals surface area (Å²) in [4.78, 5) is 21.2. The molecule has 0 aromatic heterocycles. The van der Waals surface area contributed by atoms with E-state index in [-0.39, 0.29) is 23.3 Å². The third kappa shape index (κ3) is 1.66. The van der Waals surface area contributed by atoms with Crippen LogP contribution in [0.3, 0.4) is 0 Å². The number of phenolic OH excluding ortho intramolecular Hbond substituents is 1. The summed E-state index contributed by atoms with van der Waals surface area (Å²) in [5.41, 5.74) is 0.0671. The average Bonchev–Trinajstić information content (AvgIpc) is 2.16. The van der Waals surface area contributed by atoms with Crippen LogP contribution in [0.5, 0.6) is 11.5 Å². The highest BCUT2D eigenvalue weighted by molar-refractivity contribution is 6.34. The van der Waals surface area contributed by atoms with Gasteiger partial charge in [0.1, 0.15) is 0 Å². The van der Waals surface area contributed by atoms with Crippen LogP contribution in [-0.2, 0) is 4.79 Å². The maximum atomic E-state index is 11.0. The monoisotopic (exact) mass is 180 g/mol. The first-order chi connectivity index (χ1) is 6.20. The van der Waals surface area contributed by atoms with Gasteiger partial charge in [0.2, 0.25) is 5.78 Å². The summed E-state index contributed by atoms with van der Waals surface area (Å²) in [7, 11) is 1.32. The van der Waals surface area contributed by atoms with Crippen molar-refractivity contribution in [3.05, 3.63) is 23.8 Å². The fourth-order valence-electron chi connectivity index (χ4n) is 0.997. The number of hydrogen-bond acceptors (Lipinski definition) is 4. The Morgan fingerprint density at radius 3 is 2.77 bits per heavy atom. The van der Waals surface area contributed by atoms with Gasteiger partial charge in [0.15, 0.2) is 17.8 Å². The number of methoxy groups -OCH3 is 1. The van der Waals surface area contributed by atoms with Crippen LogP contribution in [0.1, 0.15) is 10.4 Å². The van der Waals surface area contributed by atoms with E-state index in [1.54, 1.807) is 0 Å². The predicted octanol–water partition coefficient (Wildman–Crippen LogP) is 0.782. The van der Waals surface area contributed by atoms with Gasteiger partial charge in [-0.25, -0.2) is 0 Å². The van der Waals surface area contributed by atoms with E-state index in [0.29, 0.717) is 0 Å². The molecular formula is C9H8O4. The Balaban J connectivity index is 3.27. The largest absolute Gasteiger partial charge is 0.504 e. The molecule has 0 unspecified atom stereocenters. The second kappa shape index (κ2) is 3.71. The smallest absolute Gasteiger partial charge is 0.229 e. The van der Waals surface area contributed by atoms with Crippen LogP contribution in [0, 0.1) is 0 Å². The Hall–Kier alpha value is -1.84. The highest BCUT2D eigenvalue weighted by atomic mass is 16.5. The standard InChI is InChI=1S/C9H8O4/c1-13-9-6(8(12)5-10)3-2-4-7(9)11/h2-5,11H,1H3. The molecule has 0 amide bonds. The SMILES string of the molecule is COc1c(O)cccc1C(=O)C=O. The van der Waals surface area contributed by atoms with E-state index in [1.165, 1.54) is 25.3 Å². The molecule has 4 heteroatoms. The molecule has 0 aliphatic heterocycles. The van der Waals surface area contributed by atoms with E-state index < -0.39 is 5.78 Å². The van der Waals surface area contributed by atoms with Crippen molar-refractivity contribution in [2.24, 2.45) is 0 Å². The summed E-state index contributed by atoms with van der Waals surface area (Å²) in [5, 5.41) is 9.24. The lowest BCUT2D eigenvalue weighted by molar-refractivity contribution is -0.104. The van der Waals surface area contributed by atoms with Crippen molar-refractivity contribution >= 4 is 12.1 Å². The quantitative estimate of drug-likeness (QED) is 0.424. The Bertz CT molecular complexity index is 343. The molecule has 0 saturated heterocycles. The molecule has 1 aromatic rings. The summed E-state index contributed by atoms with van der Waals surface area (Å²) in [6, 6.07) is 4.25. The molecule has 0 fully saturated rings. The second-order valence-electron chi connectivity index (χ2n) is 2.34. The number of phenols is 1. The first-order valence-electron chi connectivity index (χ1n) is 3.56. The normalized spacial score (nSPS) is 9.31. The van der Waals surface area contributed by atoms with Gasteiger partial charge in [-0.2, -0.15) is 0 Å². The maximum Gasteiger partial charge on any atom is 0.229 e. The van der Waals surface area contributed by atoms with E-state index in [9.17, 15) is 14.7 Å². The van der Waals surface area contributed by atoms with E-state index in [1.807, 2.05) is 0 Å². The zero-order valence-electron chi connectivity index (χ0n) is 6.98. The third-order valence-corrected chi connectivity index (χ3v) is 1.57. The number of rotatable bonds is 3. The predicted molar refractivity (Wildman–Crippen MR) is 45.1 cm³/mol. The van der Waals surface area contributed by atoms with Crippen LogP contribution >= 0.6 is 0 Å². The molecule has 1 rings (SSSR count). The number of carbonyl (C=O) groups excluding carboxylic acids is 2. The molecule has 0 atom stereocenters. The molecule has 4 nitrogen and oxygen atoms in total. The molecule has 1 N–H and O–H groups in total. The van der Waals surface area contributed by atoms with Crippen molar-refractivity contribution in [3.63, 3.8) is 0 Å². The van der Waals surface area contributed by atoms with E-state index in [4.69, 9.17) is 4.74 Å². The number of aromatic hydroxyl groups is 1. The highest BCUT2D eigenvalue weighted by Gasteiger charge is 2.13. The number of ether oxygens (including phenoxy) is 1. The van der Waals surface area contributed by atoms with E-state index in [2.05, 4.69) is 0 Å². The number of ketones is 1. The third-order valence-electron chi connectivity index (χ3n) is 1.57. The highest BCUT2D eigenvalue weighted by Crippen LogP contribution is 2.29. The molecule has 68 valence electrons. The first kappa shape index (κ1) is 9.25. The Labute approximate surface area is 74.8 Å². The van der Waals surface area contributed by atoms with Crippen LogP contribution in [0.25, 0.3) is 0 Å². The van der Waals surface area contributed by atoms with Crippen molar-refractivity contribution in [2.75, 3.05) is 7.11 Å². The van der Waals surface area contributed by atoms with Gasteiger partial charge < -0.3 is 9.84 Å². The number of para-hydroxylation sites is 1. The van der Waals surface area contributed by atoms with Crippen molar-refractivity contribution in [3.8, 4) is 11.5 Å². The molecule has 0 spiro atoms. The van der Waals surface area contributed by atoms with Crippen LogP contribution in [-0.4, -0.2) is 24.3 Å². The van der Waals surface area contributed by atoms with Gasteiger partial charge in [-0.15, -0.1) is 0 Å². The summed E-state index contributed by atoms with van der Waals surface area (Å²) in [6.07, 6.45) is 0.178. The van der Waals surface area contributed by atoms with Crippen molar-refractivity contribution < 1.29 is 19.4 Å². The fraction of sp³-hybridized carbons (Fsp3) is 0.111. The topological polar surface area (TPSA) is 63.6 Å². The molecule has 0 bridgehead atoms. The lowest BCUT2D eigenvalue weighted by Gasteiger charge is -2.05. The van der Waals surface area contributed by atoms with Gasteiger partial charge in [-0.05, 0) is 12.1 Å². The lowest BCUT2D eigenvalue weighted by atomic mass is 10.1. The van der Waals surface area contributed by atoms with Crippen LogP contribution < -0.4 is 4.74 Å².